The predicted molar refractivity (Wildman–Crippen MR) is 80.0 cm³/mol. The second kappa shape index (κ2) is 7.73. The largest absolute Gasteiger partial charge is 0.383 e. The summed E-state index contributed by atoms with van der Waals surface area (Å²) >= 11 is 6.02. The molecule has 2 N–H and O–H groups in total. The zero-order valence-corrected chi connectivity index (χ0v) is 12.8. The molecule has 0 radical (unpaired) electrons. The highest BCUT2D eigenvalue weighted by Gasteiger charge is 2.45. The van der Waals surface area contributed by atoms with Crippen molar-refractivity contribution >= 4 is 17.5 Å². The Morgan fingerprint density at radius 1 is 1.43 bits per heavy atom. The molecule has 1 aromatic rings. The van der Waals surface area contributed by atoms with Crippen LogP contribution in [0.4, 0.5) is 4.39 Å². The average Bonchev–Trinajstić information content (AvgIpc) is 3.22. The van der Waals surface area contributed by atoms with Crippen molar-refractivity contribution in [2.75, 3.05) is 33.4 Å². The fraction of sp³-hybridized carbons (Fsp3) is 0.533. The lowest BCUT2D eigenvalue weighted by Crippen LogP contribution is -2.34. The molecule has 21 heavy (non-hydrogen) atoms. The lowest BCUT2D eigenvalue weighted by atomic mass is 10.1. The first-order chi connectivity index (χ1) is 10.1. The van der Waals surface area contributed by atoms with E-state index in [0.717, 1.165) is 6.54 Å². The minimum Gasteiger partial charge on any atom is -0.383 e. The van der Waals surface area contributed by atoms with Crippen LogP contribution < -0.4 is 10.6 Å². The van der Waals surface area contributed by atoms with Crippen molar-refractivity contribution in [1.82, 2.24) is 10.6 Å². The van der Waals surface area contributed by atoms with Crippen LogP contribution in [0.25, 0.3) is 0 Å². The van der Waals surface area contributed by atoms with Gasteiger partial charge in [0.15, 0.2) is 0 Å². The van der Waals surface area contributed by atoms with Gasteiger partial charge in [-0.05, 0) is 18.6 Å². The molecule has 0 bridgehead atoms. The van der Waals surface area contributed by atoms with Gasteiger partial charge in [0.2, 0.25) is 5.91 Å². The zero-order chi connectivity index (χ0) is 15.2. The predicted octanol–water partition coefficient (Wildman–Crippen LogP) is 1.93. The van der Waals surface area contributed by atoms with Crippen molar-refractivity contribution < 1.29 is 13.9 Å². The maximum Gasteiger partial charge on any atom is 0.223 e. The summed E-state index contributed by atoms with van der Waals surface area (Å²) in [7, 11) is 1.64. The number of halogens is 2. The van der Waals surface area contributed by atoms with Crippen LogP contribution in [-0.2, 0) is 9.53 Å². The number of ether oxygens (including phenoxy) is 1. The quantitative estimate of drug-likeness (QED) is 0.721. The summed E-state index contributed by atoms with van der Waals surface area (Å²) in [5, 5.41) is 6.39. The smallest absolute Gasteiger partial charge is 0.223 e. The molecule has 0 spiro atoms. The summed E-state index contributed by atoms with van der Waals surface area (Å²) in [4.78, 5) is 12.0. The van der Waals surface area contributed by atoms with Gasteiger partial charge >= 0.3 is 0 Å². The lowest BCUT2D eigenvalue weighted by molar-refractivity contribution is -0.122. The molecule has 1 aromatic carbocycles. The highest BCUT2D eigenvalue weighted by atomic mass is 35.5. The standard InChI is InChI=1S/C15H20ClFN2O2/c1-21-8-7-18-5-6-19-15(20)11-9-10(11)14-12(16)3-2-4-13(14)17/h2-4,10-11,18H,5-9H2,1H3,(H,19,20). The van der Waals surface area contributed by atoms with E-state index in [9.17, 15) is 9.18 Å². The van der Waals surface area contributed by atoms with Gasteiger partial charge in [0.25, 0.3) is 0 Å². The Kier molecular flexibility index (Phi) is 5.96. The number of methoxy groups -OCH3 is 1. The van der Waals surface area contributed by atoms with E-state index in [1.165, 1.54) is 6.07 Å². The molecule has 0 heterocycles. The van der Waals surface area contributed by atoms with Crippen LogP contribution in [0.3, 0.4) is 0 Å². The van der Waals surface area contributed by atoms with Crippen molar-refractivity contribution in [2.24, 2.45) is 5.92 Å². The first-order valence-corrected chi connectivity index (χ1v) is 7.44. The van der Waals surface area contributed by atoms with Crippen molar-refractivity contribution in [3.05, 3.63) is 34.6 Å². The molecule has 1 saturated carbocycles. The summed E-state index contributed by atoms with van der Waals surface area (Å²) in [5.41, 5.74) is 0.470. The highest BCUT2D eigenvalue weighted by Crippen LogP contribution is 2.50. The number of nitrogens with one attached hydrogen (secondary N) is 2. The van der Waals surface area contributed by atoms with Gasteiger partial charge in [0.05, 0.1) is 6.61 Å². The fourth-order valence-corrected chi connectivity index (χ4v) is 2.68. The highest BCUT2D eigenvalue weighted by molar-refractivity contribution is 6.31. The van der Waals surface area contributed by atoms with Crippen LogP contribution in [0.15, 0.2) is 18.2 Å². The summed E-state index contributed by atoms with van der Waals surface area (Å²) < 4.78 is 18.7. The van der Waals surface area contributed by atoms with E-state index in [-0.39, 0.29) is 23.6 Å². The molecule has 1 amide bonds. The molecule has 6 heteroatoms. The lowest BCUT2D eigenvalue weighted by Gasteiger charge is -2.07. The van der Waals surface area contributed by atoms with Gasteiger partial charge in [-0.3, -0.25) is 4.79 Å². The van der Waals surface area contributed by atoms with Gasteiger partial charge < -0.3 is 15.4 Å². The third-order valence-electron chi connectivity index (χ3n) is 3.58. The maximum absolute atomic E-state index is 13.8. The Morgan fingerprint density at radius 2 is 2.24 bits per heavy atom. The van der Waals surface area contributed by atoms with Gasteiger partial charge in [-0.1, -0.05) is 17.7 Å². The van der Waals surface area contributed by atoms with Gasteiger partial charge in [-0.15, -0.1) is 0 Å². The fourth-order valence-electron chi connectivity index (χ4n) is 2.37. The molecule has 116 valence electrons. The molecule has 0 aliphatic heterocycles. The van der Waals surface area contributed by atoms with E-state index >= 15 is 0 Å². The molecular formula is C15H20ClFN2O2. The van der Waals surface area contributed by atoms with Gasteiger partial charge in [-0.25, -0.2) is 4.39 Å². The van der Waals surface area contributed by atoms with Crippen LogP contribution >= 0.6 is 11.6 Å². The molecule has 2 atom stereocenters. The molecule has 4 nitrogen and oxygen atoms in total. The second-order valence-corrected chi connectivity index (χ2v) is 5.53. The van der Waals surface area contributed by atoms with Crippen LogP contribution in [0.5, 0.6) is 0 Å². The van der Waals surface area contributed by atoms with Crippen LogP contribution in [-0.4, -0.2) is 39.3 Å². The van der Waals surface area contributed by atoms with E-state index in [1.54, 1.807) is 19.2 Å². The summed E-state index contributed by atoms with van der Waals surface area (Å²) in [6.07, 6.45) is 0.656. The summed E-state index contributed by atoms with van der Waals surface area (Å²) in [6, 6.07) is 4.62. The number of hydrogen-bond donors (Lipinski definition) is 2. The van der Waals surface area contributed by atoms with Crippen molar-refractivity contribution in [2.45, 2.75) is 12.3 Å². The molecule has 2 unspecified atom stereocenters. The zero-order valence-electron chi connectivity index (χ0n) is 12.0. The number of rotatable bonds is 8. The average molecular weight is 315 g/mol. The van der Waals surface area contributed by atoms with Crippen LogP contribution in [0, 0.1) is 11.7 Å². The van der Waals surface area contributed by atoms with Gasteiger partial charge in [0, 0.05) is 49.2 Å². The summed E-state index contributed by atoms with van der Waals surface area (Å²) in [5.74, 6) is -0.629. The topological polar surface area (TPSA) is 50.4 Å². The number of hydrogen-bond acceptors (Lipinski definition) is 3. The number of amides is 1. The Labute approximate surface area is 129 Å². The minimum absolute atomic E-state index is 0.0344. The number of benzene rings is 1. The molecule has 2 rings (SSSR count). The SMILES string of the molecule is COCCNCCNC(=O)C1CC1c1c(F)cccc1Cl. The molecular weight excluding hydrogens is 295 g/mol. The monoisotopic (exact) mass is 314 g/mol. The first kappa shape index (κ1) is 16.2. The maximum atomic E-state index is 13.8. The van der Waals surface area contributed by atoms with E-state index in [1.807, 2.05) is 0 Å². The van der Waals surface area contributed by atoms with Crippen LogP contribution in [0.1, 0.15) is 17.9 Å². The molecule has 1 aliphatic carbocycles. The van der Waals surface area contributed by atoms with Gasteiger partial charge in [0.1, 0.15) is 5.82 Å². The number of carbonyl (C=O) groups is 1. The first-order valence-electron chi connectivity index (χ1n) is 7.06. The second-order valence-electron chi connectivity index (χ2n) is 5.12. The molecule has 1 aliphatic rings. The van der Waals surface area contributed by atoms with E-state index in [0.29, 0.717) is 36.7 Å². The molecule has 0 saturated heterocycles. The molecule has 0 aromatic heterocycles. The Bertz CT molecular complexity index is 478. The van der Waals surface area contributed by atoms with Crippen molar-refractivity contribution in [3.63, 3.8) is 0 Å². The van der Waals surface area contributed by atoms with Crippen LogP contribution in [0.2, 0.25) is 5.02 Å². The third-order valence-corrected chi connectivity index (χ3v) is 3.91. The van der Waals surface area contributed by atoms with E-state index in [4.69, 9.17) is 16.3 Å². The number of carbonyl (C=O) groups excluding carboxylic acids is 1. The van der Waals surface area contributed by atoms with Crippen molar-refractivity contribution in [3.8, 4) is 0 Å². The Hall–Kier alpha value is -1.17. The minimum atomic E-state index is -0.330. The summed E-state index contributed by atoms with van der Waals surface area (Å²) in [6.45, 7) is 2.64. The van der Waals surface area contributed by atoms with E-state index in [2.05, 4.69) is 10.6 Å². The molecule has 1 fully saturated rings. The van der Waals surface area contributed by atoms with Gasteiger partial charge in [-0.2, -0.15) is 0 Å². The third kappa shape index (κ3) is 4.40. The Morgan fingerprint density at radius 3 is 2.95 bits per heavy atom. The Balaban J connectivity index is 1.74. The normalized spacial score (nSPS) is 20.3. The van der Waals surface area contributed by atoms with E-state index < -0.39 is 0 Å². The van der Waals surface area contributed by atoms with Crippen molar-refractivity contribution in [1.29, 1.82) is 0 Å².